The van der Waals surface area contributed by atoms with Crippen LogP contribution in [0.25, 0.3) is 0 Å². The Morgan fingerprint density at radius 1 is 0.889 bits per heavy atom. The number of halogens is 1. The Labute approximate surface area is 224 Å². The van der Waals surface area contributed by atoms with E-state index in [4.69, 9.17) is 0 Å². The fourth-order valence-corrected chi connectivity index (χ4v) is 6.22. The van der Waals surface area contributed by atoms with Crippen molar-refractivity contribution in [2.24, 2.45) is 5.92 Å². The lowest BCUT2D eigenvalue weighted by atomic mass is 9.98. The average molecular weight is 599 g/mol. The van der Waals surface area contributed by atoms with Crippen LogP contribution in [0.5, 0.6) is 0 Å². The van der Waals surface area contributed by atoms with E-state index >= 15 is 0 Å². The maximum Gasteiger partial charge on any atom is 0.255 e. The maximum absolute atomic E-state index is 13.0. The van der Waals surface area contributed by atoms with Crippen molar-refractivity contribution < 1.29 is 14.4 Å². The van der Waals surface area contributed by atoms with Crippen molar-refractivity contribution in [3.05, 3.63) is 57.2 Å². The molecule has 1 unspecified atom stereocenters. The first-order valence-corrected chi connectivity index (χ1v) is 13.8. The average Bonchev–Trinajstić information content (AvgIpc) is 3.18. The van der Waals surface area contributed by atoms with Gasteiger partial charge in [0.25, 0.3) is 5.91 Å². The summed E-state index contributed by atoms with van der Waals surface area (Å²) in [5.74, 6) is -0.0184. The highest BCUT2D eigenvalue weighted by Gasteiger charge is 2.39. The normalized spacial score (nSPS) is 23.1. The first kappa shape index (κ1) is 23.7. The van der Waals surface area contributed by atoms with E-state index in [0.717, 1.165) is 63.0 Å². The molecule has 1 atom stereocenters. The Morgan fingerprint density at radius 2 is 1.61 bits per heavy atom. The van der Waals surface area contributed by atoms with Crippen LogP contribution in [0.2, 0.25) is 0 Å². The minimum atomic E-state index is -0.567. The molecular formula is C27H30IN5O3. The summed E-state index contributed by atoms with van der Waals surface area (Å²) in [6.07, 6.45) is 0.666. The molecular weight excluding hydrogens is 569 g/mol. The van der Waals surface area contributed by atoms with Gasteiger partial charge in [0.2, 0.25) is 11.8 Å². The van der Waals surface area contributed by atoms with Crippen LogP contribution in [0, 0.1) is 9.49 Å². The first-order valence-electron chi connectivity index (χ1n) is 12.7. The van der Waals surface area contributed by atoms with Gasteiger partial charge in [-0.3, -0.25) is 24.6 Å². The fourth-order valence-electron chi connectivity index (χ4n) is 5.86. The molecule has 8 nitrogen and oxygen atoms in total. The molecule has 4 heterocycles. The molecule has 2 aromatic rings. The van der Waals surface area contributed by atoms with Crippen molar-refractivity contribution in [1.82, 2.24) is 15.1 Å². The number of carbonyl (C=O) groups is 3. The Morgan fingerprint density at radius 3 is 2.33 bits per heavy atom. The van der Waals surface area contributed by atoms with Crippen molar-refractivity contribution in [2.45, 2.75) is 25.4 Å². The number of nitrogens with one attached hydrogen (secondary N) is 1. The molecule has 0 bridgehead atoms. The minimum absolute atomic E-state index is 0.115. The number of rotatable bonds is 5. The third-order valence-corrected chi connectivity index (χ3v) is 8.63. The molecule has 36 heavy (non-hydrogen) atoms. The van der Waals surface area contributed by atoms with Crippen molar-refractivity contribution in [3.63, 3.8) is 0 Å². The summed E-state index contributed by atoms with van der Waals surface area (Å²) in [5.41, 5.74) is 4.10. The smallest absolute Gasteiger partial charge is 0.255 e. The molecule has 2 aromatic carbocycles. The van der Waals surface area contributed by atoms with Crippen LogP contribution in [-0.4, -0.2) is 79.4 Å². The van der Waals surface area contributed by atoms with Crippen molar-refractivity contribution in [2.75, 3.05) is 55.6 Å². The molecule has 0 aliphatic carbocycles. The summed E-state index contributed by atoms with van der Waals surface area (Å²) in [7, 11) is 0. The molecule has 3 amide bonds. The summed E-state index contributed by atoms with van der Waals surface area (Å²) in [4.78, 5) is 45.8. The van der Waals surface area contributed by atoms with E-state index in [1.54, 1.807) is 4.90 Å². The predicted octanol–water partition coefficient (Wildman–Crippen LogP) is 2.31. The summed E-state index contributed by atoms with van der Waals surface area (Å²) < 4.78 is 1.27. The number of benzene rings is 2. The van der Waals surface area contributed by atoms with Gasteiger partial charge in [-0.2, -0.15) is 0 Å². The number of amides is 3. The highest BCUT2D eigenvalue weighted by Crippen LogP contribution is 2.31. The standard InChI is InChI=1S/C27H30IN5O3/c28-20-1-3-21(4-2-20)32-15-18(16-32)14-30-9-11-31(12-10-30)22-5-6-23-19(13-22)17-33(27(23)36)24-7-8-25(34)29-26(24)35/h1-6,13,18,24H,7-12,14-17H2,(H,29,34,35). The third-order valence-electron chi connectivity index (χ3n) is 7.91. The van der Waals surface area contributed by atoms with Crippen LogP contribution >= 0.6 is 22.6 Å². The predicted molar refractivity (Wildman–Crippen MR) is 146 cm³/mol. The van der Waals surface area contributed by atoms with E-state index in [-0.39, 0.29) is 24.1 Å². The van der Waals surface area contributed by atoms with Gasteiger partial charge in [-0.15, -0.1) is 0 Å². The largest absolute Gasteiger partial charge is 0.371 e. The van der Waals surface area contributed by atoms with E-state index in [9.17, 15) is 14.4 Å². The highest BCUT2D eigenvalue weighted by molar-refractivity contribution is 14.1. The zero-order chi connectivity index (χ0) is 24.8. The Bertz CT molecular complexity index is 1190. The fraction of sp³-hybridized carbons (Fsp3) is 0.444. The molecule has 188 valence electrons. The van der Waals surface area contributed by atoms with Crippen molar-refractivity contribution >= 4 is 51.7 Å². The van der Waals surface area contributed by atoms with Crippen LogP contribution < -0.4 is 15.1 Å². The van der Waals surface area contributed by atoms with Crippen LogP contribution in [-0.2, 0) is 16.1 Å². The second-order valence-electron chi connectivity index (χ2n) is 10.3. The van der Waals surface area contributed by atoms with Gasteiger partial charge in [0.15, 0.2) is 0 Å². The number of nitrogens with zero attached hydrogens (tertiary/aromatic N) is 4. The van der Waals surface area contributed by atoms with Gasteiger partial charge in [0.1, 0.15) is 6.04 Å². The minimum Gasteiger partial charge on any atom is -0.371 e. The molecule has 0 radical (unpaired) electrons. The molecule has 4 aliphatic heterocycles. The summed E-state index contributed by atoms with van der Waals surface area (Å²) in [6.45, 7) is 7.85. The Kier molecular flexibility index (Phi) is 6.37. The van der Waals surface area contributed by atoms with Gasteiger partial charge >= 0.3 is 0 Å². The highest BCUT2D eigenvalue weighted by atomic mass is 127. The molecule has 3 saturated heterocycles. The quantitative estimate of drug-likeness (QED) is 0.420. The van der Waals surface area contributed by atoms with Crippen LogP contribution in [0.1, 0.15) is 28.8 Å². The number of piperidine rings is 1. The van der Waals surface area contributed by atoms with Crippen LogP contribution in [0.4, 0.5) is 11.4 Å². The van der Waals surface area contributed by atoms with Gasteiger partial charge < -0.3 is 14.7 Å². The van der Waals surface area contributed by atoms with E-state index < -0.39 is 6.04 Å². The molecule has 0 aromatic heterocycles. The Balaban J connectivity index is 1.01. The number of imide groups is 1. The number of fused-ring (bicyclic) bond motifs is 1. The molecule has 0 spiro atoms. The number of hydrogen-bond acceptors (Lipinski definition) is 6. The molecule has 3 fully saturated rings. The second kappa shape index (κ2) is 9.66. The van der Waals surface area contributed by atoms with Crippen molar-refractivity contribution in [3.8, 4) is 0 Å². The lowest BCUT2D eigenvalue weighted by Crippen LogP contribution is -2.55. The molecule has 0 saturated carbocycles. The molecule has 1 N–H and O–H groups in total. The maximum atomic E-state index is 13.0. The van der Waals surface area contributed by atoms with E-state index in [0.29, 0.717) is 18.5 Å². The van der Waals surface area contributed by atoms with Crippen molar-refractivity contribution in [1.29, 1.82) is 0 Å². The number of carbonyl (C=O) groups excluding carboxylic acids is 3. The summed E-state index contributed by atoms with van der Waals surface area (Å²) in [6, 6.07) is 14.2. The lowest BCUT2D eigenvalue weighted by Gasteiger charge is -2.45. The van der Waals surface area contributed by atoms with Gasteiger partial charge in [-0.25, -0.2) is 0 Å². The van der Waals surface area contributed by atoms with E-state index in [1.807, 2.05) is 12.1 Å². The van der Waals surface area contributed by atoms with Crippen LogP contribution in [0.15, 0.2) is 42.5 Å². The summed E-state index contributed by atoms with van der Waals surface area (Å²) in [5, 5.41) is 2.37. The third kappa shape index (κ3) is 4.58. The van der Waals surface area contributed by atoms with Gasteiger partial charge in [-0.05, 0) is 77.0 Å². The topological polar surface area (TPSA) is 76.2 Å². The molecule has 4 aliphatic rings. The number of anilines is 2. The first-order chi connectivity index (χ1) is 17.4. The van der Waals surface area contributed by atoms with Crippen LogP contribution in [0.3, 0.4) is 0 Å². The SMILES string of the molecule is O=C1CCC(N2Cc3cc(N4CCN(CC5CN(c6ccc(I)cc6)C5)CC4)ccc3C2=O)C(=O)N1. The van der Waals surface area contributed by atoms with E-state index in [1.165, 1.54) is 9.26 Å². The molecule has 9 heteroatoms. The lowest BCUT2D eigenvalue weighted by molar-refractivity contribution is -0.136. The van der Waals surface area contributed by atoms with E-state index in [2.05, 4.69) is 72.9 Å². The number of hydrogen-bond donors (Lipinski definition) is 1. The monoisotopic (exact) mass is 599 g/mol. The van der Waals surface area contributed by atoms with Gasteiger partial charge in [0.05, 0.1) is 0 Å². The summed E-state index contributed by atoms with van der Waals surface area (Å²) >= 11 is 2.35. The Hall–Kier alpha value is -2.66. The second-order valence-corrected chi connectivity index (χ2v) is 11.5. The number of piperazine rings is 1. The zero-order valence-corrected chi connectivity index (χ0v) is 22.3. The van der Waals surface area contributed by atoms with Gasteiger partial charge in [-0.1, -0.05) is 0 Å². The zero-order valence-electron chi connectivity index (χ0n) is 20.2. The molecule has 6 rings (SSSR count). The van der Waals surface area contributed by atoms with Gasteiger partial charge in [0, 0.05) is 85.2 Å².